The van der Waals surface area contributed by atoms with Crippen LogP contribution in [-0.2, 0) is 0 Å². The Balaban J connectivity index is 1.72. The van der Waals surface area contributed by atoms with Crippen LogP contribution in [0, 0.1) is 0 Å². The number of anilines is 3. The molecule has 0 heterocycles. The second-order valence-corrected chi connectivity index (χ2v) is 5.78. The Morgan fingerprint density at radius 3 is 1.80 bits per heavy atom. The first-order chi connectivity index (χ1) is 12.3. The topological polar surface area (TPSA) is 18.8 Å². The first-order valence-electron chi connectivity index (χ1n) is 8.53. The molecule has 0 radical (unpaired) electrons. The van der Waals surface area contributed by atoms with E-state index in [1.54, 1.807) is 0 Å². The summed E-state index contributed by atoms with van der Waals surface area (Å²) in [6.45, 7) is 3.09. The Morgan fingerprint density at radius 2 is 1.24 bits per heavy atom. The number of hydrogen-bond acceptors (Lipinski definition) is 3. The van der Waals surface area contributed by atoms with Crippen LogP contribution in [0.2, 0.25) is 0 Å². The molecule has 3 nitrogen and oxygen atoms in total. The summed E-state index contributed by atoms with van der Waals surface area (Å²) in [4.78, 5) is 2.29. The predicted molar refractivity (Wildman–Crippen MR) is 108 cm³/mol. The summed E-state index contributed by atoms with van der Waals surface area (Å²) in [6.07, 6.45) is 1.88. The van der Waals surface area contributed by atoms with E-state index < -0.39 is 0 Å². The molecule has 0 fully saturated rings. The number of nitrogens with zero attached hydrogens (tertiary/aromatic N) is 3. The first kappa shape index (κ1) is 16.8. The van der Waals surface area contributed by atoms with Crippen molar-refractivity contribution in [2.45, 2.75) is 6.92 Å². The molecule has 0 N–H and O–H groups in total. The van der Waals surface area contributed by atoms with E-state index in [4.69, 9.17) is 0 Å². The van der Waals surface area contributed by atoms with E-state index in [0.717, 1.165) is 17.8 Å². The quantitative estimate of drug-likeness (QED) is 0.450. The van der Waals surface area contributed by atoms with Crippen LogP contribution in [0.1, 0.15) is 12.5 Å². The molecule has 126 valence electrons. The zero-order valence-corrected chi connectivity index (χ0v) is 14.7. The van der Waals surface area contributed by atoms with Crippen molar-refractivity contribution in [1.82, 2.24) is 0 Å². The van der Waals surface area contributed by atoms with E-state index in [9.17, 15) is 0 Å². The highest BCUT2D eigenvalue weighted by atomic mass is 15.4. The van der Waals surface area contributed by atoms with E-state index in [1.165, 1.54) is 11.4 Å². The maximum Gasteiger partial charge on any atom is 0.0590 e. The minimum absolute atomic E-state index is 0.925. The van der Waals surface area contributed by atoms with Crippen molar-refractivity contribution in [2.24, 2.45) is 5.10 Å². The second-order valence-electron chi connectivity index (χ2n) is 5.78. The largest absolute Gasteiger partial charge is 0.342 e. The third-order valence-electron chi connectivity index (χ3n) is 4.10. The summed E-state index contributed by atoms with van der Waals surface area (Å²) in [5.41, 5.74) is 4.53. The van der Waals surface area contributed by atoms with Gasteiger partial charge in [-0.3, -0.25) is 5.01 Å². The van der Waals surface area contributed by atoms with Crippen LogP contribution >= 0.6 is 0 Å². The van der Waals surface area contributed by atoms with Crippen LogP contribution < -0.4 is 9.91 Å². The van der Waals surface area contributed by atoms with Gasteiger partial charge in [-0.25, -0.2) is 0 Å². The highest BCUT2D eigenvalue weighted by molar-refractivity contribution is 5.81. The summed E-state index contributed by atoms with van der Waals surface area (Å²) < 4.78 is 0. The predicted octanol–water partition coefficient (Wildman–Crippen LogP) is 5.31. The van der Waals surface area contributed by atoms with Crippen molar-refractivity contribution in [2.75, 3.05) is 23.5 Å². The number of rotatable bonds is 6. The fourth-order valence-electron chi connectivity index (χ4n) is 2.73. The van der Waals surface area contributed by atoms with Crippen molar-refractivity contribution in [1.29, 1.82) is 0 Å². The van der Waals surface area contributed by atoms with Gasteiger partial charge in [0.2, 0.25) is 0 Å². The molecule has 3 aromatic carbocycles. The van der Waals surface area contributed by atoms with Gasteiger partial charge in [0.25, 0.3) is 0 Å². The molecule has 3 rings (SSSR count). The Kier molecular flexibility index (Phi) is 5.47. The summed E-state index contributed by atoms with van der Waals surface area (Å²) in [5.74, 6) is 0. The third-order valence-corrected chi connectivity index (χ3v) is 4.10. The molecule has 0 bridgehead atoms. The van der Waals surface area contributed by atoms with Crippen LogP contribution in [0.5, 0.6) is 0 Å². The van der Waals surface area contributed by atoms with Gasteiger partial charge in [0, 0.05) is 25.0 Å². The Hall–Kier alpha value is -3.07. The van der Waals surface area contributed by atoms with Gasteiger partial charge in [-0.1, -0.05) is 48.5 Å². The van der Waals surface area contributed by atoms with Crippen molar-refractivity contribution in [3.05, 3.63) is 90.5 Å². The molecule has 0 aromatic heterocycles. The lowest BCUT2D eigenvalue weighted by Crippen LogP contribution is -2.15. The van der Waals surface area contributed by atoms with E-state index in [-0.39, 0.29) is 0 Å². The maximum absolute atomic E-state index is 4.51. The van der Waals surface area contributed by atoms with Crippen molar-refractivity contribution < 1.29 is 0 Å². The van der Waals surface area contributed by atoms with E-state index in [0.29, 0.717) is 0 Å². The van der Waals surface area contributed by atoms with Gasteiger partial charge in [0.05, 0.1) is 11.9 Å². The standard InChI is InChI=1S/C22H23N3/c1-3-25(21-12-8-5-9-13-21)22-16-14-19(15-17-22)18-23-24(2)20-10-6-4-7-11-20/h4-18H,3H2,1-2H3. The molecule has 25 heavy (non-hydrogen) atoms. The monoisotopic (exact) mass is 329 g/mol. The van der Waals surface area contributed by atoms with Gasteiger partial charge in [0.1, 0.15) is 0 Å². The van der Waals surface area contributed by atoms with Gasteiger partial charge in [-0.2, -0.15) is 5.10 Å². The molecule has 0 unspecified atom stereocenters. The Bertz CT molecular complexity index is 796. The van der Waals surface area contributed by atoms with Crippen LogP contribution in [0.3, 0.4) is 0 Å². The number of hydrazone groups is 1. The van der Waals surface area contributed by atoms with Crippen molar-refractivity contribution in [3.8, 4) is 0 Å². The Labute approximate surface area is 149 Å². The highest BCUT2D eigenvalue weighted by Gasteiger charge is 2.06. The molecular formula is C22H23N3. The molecule has 0 aliphatic rings. The lowest BCUT2D eigenvalue weighted by Gasteiger charge is -2.23. The third kappa shape index (κ3) is 4.27. The SMILES string of the molecule is CCN(c1ccccc1)c1ccc(C=NN(C)c2ccccc2)cc1. The van der Waals surface area contributed by atoms with Gasteiger partial charge in [-0.15, -0.1) is 0 Å². The number of hydrogen-bond donors (Lipinski definition) is 0. The zero-order chi connectivity index (χ0) is 17.5. The Morgan fingerprint density at radius 1 is 0.720 bits per heavy atom. The fourth-order valence-corrected chi connectivity index (χ4v) is 2.73. The van der Waals surface area contributed by atoms with Gasteiger partial charge >= 0.3 is 0 Å². The maximum atomic E-state index is 4.51. The minimum atomic E-state index is 0.925. The van der Waals surface area contributed by atoms with Gasteiger partial charge < -0.3 is 4.90 Å². The molecule has 3 heteroatoms. The van der Waals surface area contributed by atoms with E-state index >= 15 is 0 Å². The lowest BCUT2D eigenvalue weighted by molar-refractivity contribution is 1.02. The number of benzene rings is 3. The van der Waals surface area contributed by atoms with E-state index in [2.05, 4.69) is 65.5 Å². The molecule has 3 aromatic rings. The summed E-state index contributed by atoms with van der Waals surface area (Å²) >= 11 is 0. The average Bonchev–Trinajstić information content (AvgIpc) is 2.69. The summed E-state index contributed by atoms with van der Waals surface area (Å²) in [7, 11) is 1.95. The molecule has 0 spiro atoms. The van der Waals surface area contributed by atoms with E-state index in [1.807, 2.05) is 54.7 Å². The molecule has 0 saturated heterocycles. The normalized spacial score (nSPS) is 10.8. The average molecular weight is 329 g/mol. The number of para-hydroxylation sites is 2. The summed E-state index contributed by atoms with van der Waals surface area (Å²) in [5, 5.41) is 6.38. The fraction of sp³-hybridized carbons (Fsp3) is 0.136. The first-order valence-corrected chi connectivity index (χ1v) is 8.53. The highest BCUT2D eigenvalue weighted by Crippen LogP contribution is 2.24. The molecular weight excluding hydrogens is 306 g/mol. The van der Waals surface area contributed by atoms with Gasteiger partial charge in [0.15, 0.2) is 0 Å². The molecule has 0 atom stereocenters. The van der Waals surface area contributed by atoms with Crippen molar-refractivity contribution in [3.63, 3.8) is 0 Å². The lowest BCUT2D eigenvalue weighted by atomic mass is 10.2. The van der Waals surface area contributed by atoms with Crippen LogP contribution in [0.15, 0.2) is 90.0 Å². The minimum Gasteiger partial charge on any atom is -0.342 e. The van der Waals surface area contributed by atoms with Crippen LogP contribution in [0.4, 0.5) is 17.1 Å². The van der Waals surface area contributed by atoms with Crippen LogP contribution in [0.25, 0.3) is 0 Å². The zero-order valence-electron chi connectivity index (χ0n) is 14.7. The molecule has 0 aliphatic heterocycles. The molecule has 0 amide bonds. The van der Waals surface area contributed by atoms with Crippen molar-refractivity contribution >= 4 is 23.3 Å². The molecule has 0 aliphatic carbocycles. The van der Waals surface area contributed by atoms with Gasteiger partial charge in [-0.05, 0) is 48.9 Å². The second kappa shape index (κ2) is 8.15. The smallest absolute Gasteiger partial charge is 0.0590 e. The van der Waals surface area contributed by atoms with Crippen LogP contribution in [-0.4, -0.2) is 19.8 Å². The summed E-state index contributed by atoms with van der Waals surface area (Å²) in [6, 6.07) is 29.0. The molecule has 0 saturated carbocycles.